The minimum Gasteiger partial charge on any atom is -0.344 e. The monoisotopic (exact) mass is 291 g/mol. The van der Waals surface area contributed by atoms with Gasteiger partial charge in [-0.3, -0.25) is 14.0 Å². The van der Waals surface area contributed by atoms with Crippen molar-refractivity contribution in [3.8, 4) is 17.2 Å². The lowest BCUT2D eigenvalue weighted by atomic mass is 10.0. The van der Waals surface area contributed by atoms with Gasteiger partial charge < -0.3 is 4.98 Å². The van der Waals surface area contributed by atoms with Crippen LogP contribution in [0.25, 0.3) is 16.8 Å². The van der Waals surface area contributed by atoms with Gasteiger partial charge in [-0.05, 0) is 12.5 Å². The van der Waals surface area contributed by atoms with Gasteiger partial charge in [-0.15, -0.1) is 0 Å². The van der Waals surface area contributed by atoms with E-state index in [-0.39, 0.29) is 17.0 Å². The van der Waals surface area contributed by atoms with Crippen molar-refractivity contribution in [3.63, 3.8) is 0 Å². The average Bonchev–Trinajstić information content (AvgIpc) is 2.82. The lowest BCUT2D eigenvalue weighted by Crippen LogP contribution is -2.17. The third-order valence-electron chi connectivity index (χ3n) is 3.55. The highest BCUT2D eigenvalue weighted by Gasteiger charge is 2.24. The van der Waals surface area contributed by atoms with E-state index in [4.69, 9.17) is 0 Å². The first-order chi connectivity index (χ1) is 10.5. The van der Waals surface area contributed by atoms with Crippen molar-refractivity contribution in [2.45, 2.75) is 13.8 Å². The standard InChI is InChI=1S/C17H13N3O2/c1-10-8-14(22)20-16(11(2)21)15(12-6-4-3-5-7-12)13(9-18)17(20)19-10/h3-8,19H,1-2H3. The quantitative estimate of drug-likeness (QED) is 0.737. The summed E-state index contributed by atoms with van der Waals surface area (Å²) < 4.78 is 1.29. The smallest absolute Gasteiger partial charge is 0.258 e. The molecule has 1 N–H and O–H groups in total. The molecule has 0 aliphatic rings. The second kappa shape index (κ2) is 5.01. The largest absolute Gasteiger partial charge is 0.344 e. The number of aromatic nitrogens is 2. The Balaban J connectivity index is 2.59. The number of rotatable bonds is 2. The zero-order valence-electron chi connectivity index (χ0n) is 12.2. The minimum atomic E-state index is -0.324. The van der Waals surface area contributed by atoms with Crippen molar-refractivity contribution in [2.24, 2.45) is 0 Å². The van der Waals surface area contributed by atoms with Gasteiger partial charge in [0.05, 0.1) is 0 Å². The van der Waals surface area contributed by atoms with Gasteiger partial charge in [-0.1, -0.05) is 30.3 Å². The topological polar surface area (TPSA) is 78.1 Å². The number of nitriles is 1. The summed E-state index contributed by atoms with van der Waals surface area (Å²) in [5.74, 6) is -0.260. The molecule has 5 heteroatoms. The molecule has 3 aromatic rings. The number of aryl methyl sites for hydroxylation is 1. The van der Waals surface area contributed by atoms with E-state index in [1.54, 1.807) is 6.92 Å². The summed E-state index contributed by atoms with van der Waals surface area (Å²) in [5.41, 5.74) is 2.44. The van der Waals surface area contributed by atoms with Crippen molar-refractivity contribution in [1.29, 1.82) is 5.26 Å². The molecule has 5 nitrogen and oxygen atoms in total. The number of hydrogen-bond donors (Lipinski definition) is 1. The molecule has 0 aliphatic heterocycles. The Hall–Kier alpha value is -3.13. The Morgan fingerprint density at radius 1 is 1.27 bits per heavy atom. The summed E-state index contributed by atoms with van der Waals surface area (Å²) in [6, 6.07) is 12.7. The Labute approximate surface area is 126 Å². The predicted octanol–water partition coefficient (Wildman–Crippen LogP) is 2.68. The van der Waals surface area contributed by atoms with Crippen LogP contribution in [0.3, 0.4) is 0 Å². The number of H-pyrrole nitrogens is 1. The van der Waals surface area contributed by atoms with Crippen molar-refractivity contribution in [2.75, 3.05) is 0 Å². The van der Waals surface area contributed by atoms with E-state index < -0.39 is 0 Å². The number of fused-ring (bicyclic) bond motifs is 1. The van der Waals surface area contributed by atoms with E-state index in [0.29, 0.717) is 22.5 Å². The lowest BCUT2D eigenvalue weighted by molar-refractivity contribution is 0.101. The van der Waals surface area contributed by atoms with Crippen LogP contribution < -0.4 is 5.56 Å². The van der Waals surface area contributed by atoms with E-state index >= 15 is 0 Å². The normalized spacial score (nSPS) is 10.6. The van der Waals surface area contributed by atoms with E-state index in [0.717, 1.165) is 5.56 Å². The van der Waals surface area contributed by atoms with Gasteiger partial charge >= 0.3 is 0 Å². The number of aromatic amines is 1. The summed E-state index contributed by atoms with van der Waals surface area (Å²) in [5, 5.41) is 9.56. The van der Waals surface area contributed by atoms with Gasteiger partial charge in [0.2, 0.25) is 0 Å². The first kappa shape index (κ1) is 13.8. The van der Waals surface area contributed by atoms with Crippen LogP contribution in [0.4, 0.5) is 0 Å². The SMILES string of the molecule is CC(=O)c1c(-c2ccccc2)c(C#N)c2[nH]c(C)cc(=O)n12. The molecule has 2 aromatic heterocycles. The fourth-order valence-corrected chi connectivity index (χ4v) is 2.71. The molecule has 2 heterocycles. The van der Waals surface area contributed by atoms with E-state index in [1.807, 2.05) is 30.3 Å². The highest BCUT2D eigenvalue weighted by molar-refractivity contribution is 6.03. The number of carbonyl (C=O) groups is 1. The maximum Gasteiger partial charge on any atom is 0.258 e. The molecule has 3 rings (SSSR count). The van der Waals surface area contributed by atoms with Crippen LogP contribution in [0.1, 0.15) is 28.7 Å². The number of Topliss-reactive ketones (excluding diaryl/α,β-unsaturated/α-hetero) is 1. The van der Waals surface area contributed by atoms with Crippen LogP contribution in [0, 0.1) is 18.3 Å². The van der Waals surface area contributed by atoms with Crippen LogP contribution in [0.15, 0.2) is 41.2 Å². The molecule has 0 spiro atoms. The van der Waals surface area contributed by atoms with Crippen molar-refractivity contribution in [3.05, 3.63) is 63.7 Å². The molecule has 0 amide bonds. The Kier molecular flexibility index (Phi) is 3.15. The van der Waals surface area contributed by atoms with Crippen molar-refractivity contribution >= 4 is 11.4 Å². The number of nitrogens with one attached hydrogen (secondary N) is 1. The Bertz CT molecular complexity index is 989. The molecular formula is C17H13N3O2. The second-order valence-electron chi connectivity index (χ2n) is 5.11. The van der Waals surface area contributed by atoms with Crippen LogP contribution in [-0.2, 0) is 0 Å². The fraction of sp³-hybridized carbons (Fsp3) is 0.118. The minimum absolute atomic E-state index is 0.235. The average molecular weight is 291 g/mol. The molecule has 0 atom stereocenters. The Morgan fingerprint density at radius 2 is 1.95 bits per heavy atom. The van der Waals surface area contributed by atoms with Gasteiger partial charge in [0.15, 0.2) is 5.78 Å². The lowest BCUT2D eigenvalue weighted by Gasteiger charge is -2.03. The second-order valence-corrected chi connectivity index (χ2v) is 5.11. The molecule has 1 aromatic carbocycles. The summed E-state index contributed by atoms with van der Waals surface area (Å²) >= 11 is 0. The van der Waals surface area contributed by atoms with Gasteiger partial charge in [-0.2, -0.15) is 5.26 Å². The van der Waals surface area contributed by atoms with Gasteiger partial charge in [0.1, 0.15) is 23.0 Å². The van der Waals surface area contributed by atoms with Gasteiger partial charge in [0, 0.05) is 24.2 Å². The first-order valence-electron chi connectivity index (χ1n) is 6.79. The van der Waals surface area contributed by atoms with Crippen LogP contribution >= 0.6 is 0 Å². The predicted molar refractivity (Wildman–Crippen MR) is 82.9 cm³/mol. The third-order valence-corrected chi connectivity index (χ3v) is 3.55. The first-order valence-corrected chi connectivity index (χ1v) is 6.79. The van der Waals surface area contributed by atoms with Crippen LogP contribution in [0.5, 0.6) is 0 Å². The molecule has 108 valence electrons. The molecule has 0 saturated heterocycles. The van der Waals surface area contributed by atoms with Crippen molar-refractivity contribution in [1.82, 2.24) is 9.38 Å². The number of carbonyl (C=O) groups excluding carboxylic acids is 1. The van der Waals surface area contributed by atoms with Gasteiger partial charge in [0.25, 0.3) is 5.56 Å². The molecule has 0 saturated carbocycles. The Morgan fingerprint density at radius 3 is 2.55 bits per heavy atom. The highest BCUT2D eigenvalue weighted by atomic mass is 16.1. The number of hydrogen-bond acceptors (Lipinski definition) is 3. The zero-order valence-corrected chi connectivity index (χ0v) is 12.2. The maximum atomic E-state index is 12.3. The van der Waals surface area contributed by atoms with E-state index in [9.17, 15) is 14.9 Å². The molecule has 0 fully saturated rings. The fourth-order valence-electron chi connectivity index (χ4n) is 2.71. The van der Waals surface area contributed by atoms with Crippen molar-refractivity contribution < 1.29 is 4.79 Å². The number of nitrogens with zero attached hydrogens (tertiary/aromatic N) is 2. The number of ketones is 1. The molecule has 0 bridgehead atoms. The number of benzene rings is 1. The summed E-state index contributed by atoms with van der Waals surface area (Å²) in [7, 11) is 0. The summed E-state index contributed by atoms with van der Waals surface area (Å²) in [6.45, 7) is 3.14. The van der Waals surface area contributed by atoms with Gasteiger partial charge in [-0.25, -0.2) is 0 Å². The molecule has 0 unspecified atom stereocenters. The third kappa shape index (κ3) is 1.93. The highest BCUT2D eigenvalue weighted by Crippen LogP contribution is 2.31. The molecule has 0 radical (unpaired) electrons. The molecular weight excluding hydrogens is 278 g/mol. The summed E-state index contributed by atoms with van der Waals surface area (Å²) in [4.78, 5) is 27.5. The molecule has 22 heavy (non-hydrogen) atoms. The zero-order chi connectivity index (χ0) is 15.9. The molecule has 0 aliphatic carbocycles. The van der Waals surface area contributed by atoms with E-state index in [1.165, 1.54) is 17.4 Å². The van der Waals surface area contributed by atoms with Crippen LogP contribution in [-0.4, -0.2) is 15.2 Å². The maximum absolute atomic E-state index is 12.3. The van der Waals surface area contributed by atoms with Crippen LogP contribution in [0.2, 0.25) is 0 Å². The van der Waals surface area contributed by atoms with E-state index in [2.05, 4.69) is 11.1 Å². The summed E-state index contributed by atoms with van der Waals surface area (Å²) in [6.07, 6.45) is 0.